The normalized spacial score (nSPS) is 14.6. The van der Waals surface area contributed by atoms with Crippen LogP contribution in [0.25, 0.3) is 6.08 Å². The molecule has 0 radical (unpaired) electrons. The number of aromatic nitrogens is 1. The summed E-state index contributed by atoms with van der Waals surface area (Å²) in [5.41, 5.74) is 3.22. The van der Waals surface area contributed by atoms with Crippen LogP contribution in [0.1, 0.15) is 43.5 Å². The Kier molecular flexibility index (Phi) is 10.7. The number of ether oxygens (including phenoxy) is 3. The van der Waals surface area contributed by atoms with Crippen molar-refractivity contribution in [3.05, 3.63) is 115 Å². The molecule has 1 atom stereocenters. The molecule has 0 N–H and O–H groups in total. The lowest BCUT2D eigenvalue weighted by molar-refractivity contribution is -0.127. The summed E-state index contributed by atoms with van der Waals surface area (Å²) in [6.45, 7) is 7.14. The van der Waals surface area contributed by atoms with Gasteiger partial charge in [-0.25, -0.2) is 4.99 Å². The van der Waals surface area contributed by atoms with Crippen molar-refractivity contribution in [2.24, 2.45) is 4.99 Å². The van der Waals surface area contributed by atoms with Gasteiger partial charge >= 0.3 is 0 Å². The van der Waals surface area contributed by atoms with E-state index in [9.17, 15) is 9.59 Å². The Morgan fingerprint density at radius 3 is 2.44 bits per heavy atom. The number of allylic oxidation sites excluding steroid dienone is 1. The largest absolute Gasteiger partial charge is 0.497 e. The number of amides is 1. The molecule has 1 aromatic heterocycles. The fourth-order valence-corrected chi connectivity index (χ4v) is 8.42. The standard InChI is InChI=1S/C34H33I2N3O5S/c1-6-38(7-2)33(41)29-20(3)37-34-39(30(29)25-18-24(42-4)13-14-27(25)43-5)32(40)28(45-34)16-22-15-23(35)17-26(36)31(22)44-19-21-11-9-8-10-12-21/h8-18,30H,6-7,19H2,1-5H3/b28-16+/t30-/m0/s1. The van der Waals surface area contributed by atoms with Gasteiger partial charge in [0.05, 0.1) is 33.6 Å². The maximum absolute atomic E-state index is 14.4. The molecule has 0 saturated carbocycles. The molecule has 45 heavy (non-hydrogen) atoms. The van der Waals surface area contributed by atoms with Crippen molar-refractivity contribution < 1.29 is 19.0 Å². The van der Waals surface area contributed by atoms with Gasteiger partial charge in [-0.1, -0.05) is 41.7 Å². The highest BCUT2D eigenvalue weighted by Gasteiger charge is 2.36. The van der Waals surface area contributed by atoms with E-state index in [4.69, 9.17) is 19.2 Å². The average Bonchev–Trinajstić information content (AvgIpc) is 3.34. The van der Waals surface area contributed by atoms with Crippen LogP contribution < -0.4 is 29.1 Å². The van der Waals surface area contributed by atoms with E-state index in [1.165, 1.54) is 11.3 Å². The Labute approximate surface area is 293 Å². The Balaban J connectivity index is 1.72. The number of likely N-dealkylation sites (N-methyl/N-ethyl adjacent to an activating group) is 1. The molecule has 5 rings (SSSR count). The molecule has 0 saturated heterocycles. The lowest BCUT2D eigenvalue weighted by atomic mass is 9.93. The highest BCUT2D eigenvalue weighted by Crippen LogP contribution is 2.38. The van der Waals surface area contributed by atoms with Gasteiger partial charge in [-0.2, -0.15) is 0 Å². The zero-order valence-corrected chi connectivity index (χ0v) is 30.7. The van der Waals surface area contributed by atoms with Crippen molar-refractivity contribution in [3.63, 3.8) is 0 Å². The Morgan fingerprint density at radius 1 is 1.04 bits per heavy atom. The molecule has 8 nitrogen and oxygen atoms in total. The average molecular weight is 850 g/mol. The minimum atomic E-state index is -0.772. The van der Waals surface area contributed by atoms with E-state index in [-0.39, 0.29) is 11.5 Å². The summed E-state index contributed by atoms with van der Waals surface area (Å²) in [7, 11) is 3.16. The van der Waals surface area contributed by atoms with Crippen molar-refractivity contribution in [2.75, 3.05) is 27.3 Å². The summed E-state index contributed by atoms with van der Waals surface area (Å²) in [4.78, 5) is 35.5. The molecule has 11 heteroatoms. The van der Waals surface area contributed by atoms with E-state index in [0.29, 0.717) is 63.1 Å². The summed E-state index contributed by atoms with van der Waals surface area (Å²) in [6, 6.07) is 18.7. The molecule has 234 valence electrons. The number of carbonyl (C=O) groups is 1. The van der Waals surface area contributed by atoms with Gasteiger partial charge in [0, 0.05) is 27.8 Å². The number of fused-ring (bicyclic) bond motifs is 1. The molecule has 4 aromatic rings. The third-order valence-electron chi connectivity index (χ3n) is 7.58. The van der Waals surface area contributed by atoms with Crippen molar-refractivity contribution in [1.29, 1.82) is 0 Å². The fraction of sp³-hybridized carbons (Fsp3) is 0.265. The third kappa shape index (κ3) is 6.85. The number of thiazole rings is 1. The van der Waals surface area contributed by atoms with Gasteiger partial charge in [-0.3, -0.25) is 14.2 Å². The number of methoxy groups -OCH3 is 2. The zero-order chi connectivity index (χ0) is 32.2. The number of halogens is 2. The maximum atomic E-state index is 14.4. The minimum Gasteiger partial charge on any atom is -0.497 e. The van der Waals surface area contributed by atoms with Gasteiger partial charge < -0.3 is 19.1 Å². The maximum Gasteiger partial charge on any atom is 0.271 e. The molecule has 1 aliphatic heterocycles. The second kappa shape index (κ2) is 14.5. The van der Waals surface area contributed by atoms with Crippen molar-refractivity contribution in [1.82, 2.24) is 9.47 Å². The molecule has 0 fully saturated rings. The predicted molar refractivity (Wildman–Crippen MR) is 194 cm³/mol. The SMILES string of the molecule is CCN(CC)C(=O)C1=C(C)N=c2s/c(=C/c3cc(I)cc(I)c3OCc3ccccc3)c(=O)n2[C@H]1c1cc(OC)ccc1OC. The van der Waals surface area contributed by atoms with Gasteiger partial charge in [-0.15, -0.1) is 0 Å². The quantitative estimate of drug-likeness (QED) is 0.186. The molecular weight excluding hydrogens is 816 g/mol. The number of carbonyl (C=O) groups excluding carboxylic acids is 1. The topological polar surface area (TPSA) is 82.4 Å². The highest BCUT2D eigenvalue weighted by molar-refractivity contribution is 14.1. The first-order chi connectivity index (χ1) is 21.7. The van der Waals surface area contributed by atoms with Crippen LogP contribution in [0.5, 0.6) is 17.2 Å². The number of hydrogen-bond acceptors (Lipinski definition) is 7. The Morgan fingerprint density at radius 2 is 1.78 bits per heavy atom. The second-order valence-electron chi connectivity index (χ2n) is 10.2. The summed E-state index contributed by atoms with van der Waals surface area (Å²) in [5, 5.41) is 0. The number of rotatable bonds is 10. The molecule has 0 bridgehead atoms. The Bertz CT molecular complexity index is 1950. The van der Waals surface area contributed by atoms with Crippen molar-refractivity contribution in [3.8, 4) is 17.2 Å². The number of hydrogen-bond donors (Lipinski definition) is 0. The Hall–Kier alpha value is -3.17. The van der Waals surface area contributed by atoms with E-state index >= 15 is 0 Å². The molecule has 1 amide bonds. The molecule has 0 aliphatic carbocycles. The first kappa shape index (κ1) is 33.2. The van der Waals surface area contributed by atoms with Crippen LogP contribution >= 0.6 is 56.5 Å². The summed E-state index contributed by atoms with van der Waals surface area (Å²) >= 11 is 5.83. The summed E-state index contributed by atoms with van der Waals surface area (Å²) < 4.78 is 21.7. The zero-order valence-electron chi connectivity index (χ0n) is 25.6. The molecular formula is C34H33I2N3O5S. The van der Waals surface area contributed by atoms with Gasteiger partial charge in [0.1, 0.15) is 29.9 Å². The molecule has 0 spiro atoms. The predicted octanol–water partition coefficient (Wildman–Crippen LogP) is 5.91. The highest BCUT2D eigenvalue weighted by atomic mass is 127. The van der Waals surface area contributed by atoms with E-state index in [1.54, 1.807) is 35.8 Å². The van der Waals surface area contributed by atoms with E-state index in [2.05, 4.69) is 45.2 Å². The minimum absolute atomic E-state index is 0.172. The lowest BCUT2D eigenvalue weighted by Gasteiger charge is -2.30. The number of benzene rings is 3. The van der Waals surface area contributed by atoms with Gasteiger partial charge in [-0.05, 0) is 108 Å². The smallest absolute Gasteiger partial charge is 0.271 e. The van der Waals surface area contributed by atoms with Crippen molar-refractivity contribution in [2.45, 2.75) is 33.4 Å². The summed E-state index contributed by atoms with van der Waals surface area (Å²) in [5.74, 6) is 1.66. The molecule has 0 unspecified atom stereocenters. The van der Waals surface area contributed by atoms with Crippen molar-refractivity contribution >= 4 is 68.5 Å². The second-order valence-corrected chi connectivity index (χ2v) is 13.7. The first-order valence-electron chi connectivity index (χ1n) is 14.4. The monoisotopic (exact) mass is 849 g/mol. The molecule has 3 aromatic carbocycles. The van der Waals surface area contributed by atoms with E-state index < -0.39 is 6.04 Å². The van der Waals surface area contributed by atoms with Crippen LogP contribution in [0.15, 0.2) is 81.7 Å². The van der Waals surface area contributed by atoms with Gasteiger partial charge in [0.25, 0.3) is 11.5 Å². The molecule has 1 aliphatic rings. The lowest BCUT2D eigenvalue weighted by Crippen LogP contribution is -2.43. The fourth-order valence-electron chi connectivity index (χ4n) is 5.33. The van der Waals surface area contributed by atoms with E-state index in [1.807, 2.05) is 75.4 Å². The van der Waals surface area contributed by atoms with Gasteiger partial charge in [0.2, 0.25) is 0 Å². The first-order valence-corrected chi connectivity index (χ1v) is 17.4. The summed E-state index contributed by atoms with van der Waals surface area (Å²) in [6.07, 6.45) is 1.86. The van der Waals surface area contributed by atoms with Crippen LogP contribution in [0.4, 0.5) is 0 Å². The third-order valence-corrected chi connectivity index (χ3v) is 9.99. The van der Waals surface area contributed by atoms with Crippen LogP contribution in [0, 0.1) is 7.14 Å². The number of nitrogens with zero attached hydrogens (tertiary/aromatic N) is 3. The van der Waals surface area contributed by atoms with Gasteiger partial charge in [0.15, 0.2) is 4.80 Å². The van der Waals surface area contributed by atoms with E-state index in [0.717, 1.165) is 18.3 Å². The molecule has 2 heterocycles. The van der Waals surface area contributed by atoms with Crippen LogP contribution in [-0.2, 0) is 11.4 Å². The van der Waals surface area contributed by atoms with Crippen LogP contribution in [0.3, 0.4) is 0 Å². The van der Waals surface area contributed by atoms with Crippen LogP contribution in [-0.4, -0.2) is 42.7 Å². The van der Waals surface area contributed by atoms with Crippen LogP contribution in [0.2, 0.25) is 0 Å².